The van der Waals surface area contributed by atoms with E-state index >= 15 is 0 Å². The zero-order valence-electron chi connectivity index (χ0n) is 14.0. The number of anilines is 1. The van der Waals surface area contributed by atoms with Gasteiger partial charge in [0.2, 0.25) is 0 Å². The van der Waals surface area contributed by atoms with Gasteiger partial charge >= 0.3 is 0 Å². The summed E-state index contributed by atoms with van der Waals surface area (Å²) in [5.41, 5.74) is 0.914. The number of carbonyl (C=O) groups is 1. The zero-order chi connectivity index (χ0) is 19.6. The first-order valence-corrected chi connectivity index (χ1v) is 9.45. The summed E-state index contributed by atoms with van der Waals surface area (Å²) in [5.74, 6) is 0.419. The van der Waals surface area contributed by atoms with Crippen LogP contribution in [0.25, 0.3) is 6.08 Å². The highest BCUT2D eigenvalue weighted by Gasteiger charge is 2.33. The molecule has 0 spiro atoms. The standard InChI is InChI=1S/C18H13ClN2O4S2/c1-2-25-13-6-4-12(5-7-13)20-17(22)16(27-18(20)26)10-11-3-8-14(19)15(9-11)21(23)24/h3-10H,2H2,1H3/b16-10-. The highest BCUT2D eigenvalue weighted by Crippen LogP contribution is 2.37. The number of hydrogen-bond donors (Lipinski definition) is 0. The predicted octanol–water partition coefficient (Wildman–Crippen LogP) is 5.05. The number of benzene rings is 2. The van der Waals surface area contributed by atoms with Gasteiger partial charge in [0.05, 0.1) is 22.1 Å². The van der Waals surface area contributed by atoms with Crippen molar-refractivity contribution in [1.82, 2.24) is 0 Å². The van der Waals surface area contributed by atoms with Gasteiger partial charge in [-0.1, -0.05) is 41.6 Å². The van der Waals surface area contributed by atoms with Crippen LogP contribution in [0.15, 0.2) is 47.4 Å². The first kappa shape index (κ1) is 19.3. The van der Waals surface area contributed by atoms with Crippen LogP contribution in [0.4, 0.5) is 11.4 Å². The number of ether oxygens (including phenoxy) is 1. The Labute approximate surface area is 169 Å². The summed E-state index contributed by atoms with van der Waals surface area (Å²) in [6.07, 6.45) is 1.57. The molecule has 0 radical (unpaired) electrons. The van der Waals surface area contributed by atoms with Gasteiger partial charge in [0.1, 0.15) is 10.8 Å². The fourth-order valence-corrected chi connectivity index (χ4v) is 3.94. The molecule has 0 bridgehead atoms. The minimum absolute atomic E-state index is 0.0408. The lowest BCUT2D eigenvalue weighted by Gasteiger charge is -2.15. The molecule has 1 amide bonds. The smallest absolute Gasteiger partial charge is 0.288 e. The van der Waals surface area contributed by atoms with E-state index in [9.17, 15) is 14.9 Å². The van der Waals surface area contributed by atoms with E-state index in [4.69, 9.17) is 28.6 Å². The van der Waals surface area contributed by atoms with Gasteiger partial charge < -0.3 is 4.74 Å². The minimum Gasteiger partial charge on any atom is -0.494 e. The van der Waals surface area contributed by atoms with E-state index in [0.717, 1.165) is 11.8 Å². The Kier molecular flexibility index (Phi) is 5.79. The van der Waals surface area contributed by atoms with Crippen molar-refractivity contribution in [2.24, 2.45) is 0 Å². The van der Waals surface area contributed by atoms with Crippen LogP contribution in [0.1, 0.15) is 12.5 Å². The number of nitrogens with zero attached hydrogens (tertiary/aromatic N) is 2. The molecule has 0 atom stereocenters. The third-order valence-corrected chi connectivity index (χ3v) is 5.29. The summed E-state index contributed by atoms with van der Waals surface area (Å²) in [6, 6.07) is 11.4. The van der Waals surface area contributed by atoms with Crippen LogP contribution in [-0.2, 0) is 4.79 Å². The molecule has 2 aromatic rings. The van der Waals surface area contributed by atoms with E-state index in [-0.39, 0.29) is 16.6 Å². The summed E-state index contributed by atoms with van der Waals surface area (Å²) >= 11 is 12.3. The lowest BCUT2D eigenvalue weighted by atomic mass is 10.2. The molecule has 1 aliphatic heterocycles. The van der Waals surface area contributed by atoms with Gasteiger partial charge in [0, 0.05) is 6.07 Å². The SMILES string of the molecule is CCOc1ccc(N2C(=O)/C(=C/c3ccc(Cl)c([N+](=O)[O-])c3)SC2=S)cc1. The number of thiocarbonyl (C=S) groups is 1. The van der Waals surface area contributed by atoms with E-state index in [1.54, 1.807) is 36.4 Å². The fourth-order valence-electron chi connectivity index (χ4n) is 2.46. The molecule has 6 nitrogen and oxygen atoms in total. The molecule has 0 aliphatic carbocycles. The Bertz CT molecular complexity index is 960. The van der Waals surface area contributed by atoms with Crippen molar-refractivity contribution in [3.8, 4) is 5.75 Å². The Balaban J connectivity index is 1.88. The maximum Gasteiger partial charge on any atom is 0.288 e. The molecule has 0 saturated carbocycles. The van der Waals surface area contributed by atoms with Crippen molar-refractivity contribution in [2.75, 3.05) is 11.5 Å². The molecule has 27 heavy (non-hydrogen) atoms. The number of halogens is 1. The molecular weight excluding hydrogens is 408 g/mol. The minimum atomic E-state index is -0.565. The summed E-state index contributed by atoms with van der Waals surface area (Å²) in [7, 11) is 0. The Morgan fingerprint density at radius 2 is 2.00 bits per heavy atom. The van der Waals surface area contributed by atoms with E-state index in [1.165, 1.54) is 17.0 Å². The van der Waals surface area contributed by atoms with Crippen molar-refractivity contribution >= 4 is 63.3 Å². The van der Waals surface area contributed by atoms with E-state index in [0.29, 0.717) is 32.8 Å². The molecule has 3 rings (SSSR count). The molecule has 1 aliphatic rings. The van der Waals surface area contributed by atoms with Gasteiger partial charge in [-0.15, -0.1) is 0 Å². The third-order valence-electron chi connectivity index (χ3n) is 3.66. The highest BCUT2D eigenvalue weighted by molar-refractivity contribution is 8.27. The molecule has 2 aromatic carbocycles. The molecule has 1 saturated heterocycles. The second-order valence-corrected chi connectivity index (χ2v) is 7.49. The van der Waals surface area contributed by atoms with Crippen molar-refractivity contribution in [1.29, 1.82) is 0 Å². The molecule has 0 unspecified atom stereocenters. The van der Waals surface area contributed by atoms with Gasteiger partial charge in [0.25, 0.3) is 11.6 Å². The number of amides is 1. The van der Waals surface area contributed by atoms with Gasteiger partial charge in [-0.05, 0) is 48.9 Å². The molecule has 138 valence electrons. The fraction of sp³-hybridized carbons (Fsp3) is 0.111. The van der Waals surface area contributed by atoms with Crippen molar-refractivity contribution in [2.45, 2.75) is 6.92 Å². The predicted molar refractivity (Wildman–Crippen MR) is 111 cm³/mol. The second-order valence-electron chi connectivity index (χ2n) is 5.41. The number of nitro groups is 1. The summed E-state index contributed by atoms with van der Waals surface area (Å²) in [5, 5.41) is 11.1. The van der Waals surface area contributed by atoms with E-state index in [1.807, 2.05) is 6.92 Å². The van der Waals surface area contributed by atoms with Crippen LogP contribution < -0.4 is 9.64 Å². The Morgan fingerprint density at radius 1 is 1.30 bits per heavy atom. The molecular formula is C18H13ClN2O4S2. The lowest BCUT2D eigenvalue weighted by molar-refractivity contribution is -0.384. The van der Waals surface area contributed by atoms with Gasteiger partial charge in [0.15, 0.2) is 4.32 Å². The topological polar surface area (TPSA) is 72.7 Å². The maximum absolute atomic E-state index is 12.8. The normalized spacial score (nSPS) is 15.5. The number of hydrogen-bond acceptors (Lipinski definition) is 6. The van der Waals surface area contributed by atoms with Crippen LogP contribution in [0.2, 0.25) is 5.02 Å². The summed E-state index contributed by atoms with van der Waals surface area (Å²) in [4.78, 5) is 25.0. The van der Waals surface area contributed by atoms with Gasteiger partial charge in [-0.3, -0.25) is 19.8 Å². The molecule has 0 N–H and O–H groups in total. The second kappa shape index (κ2) is 8.08. The first-order valence-electron chi connectivity index (χ1n) is 7.85. The molecule has 9 heteroatoms. The quantitative estimate of drug-likeness (QED) is 0.291. The van der Waals surface area contributed by atoms with Crippen molar-refractivity contribution in [3.05, 3.63) is 68.1 Å². The van der Waals surface area contributed by atoms with Crippen LogP contribution >= 0.6 is 35.6 Å². The third kappa shape index (κ3) is 4.13. The molecule has 1 heterocycles. The van der Waals surface area contributed by atoms with Crippen LogP contribution in [0.3, 0.4) is 0 Å². The number of thioether (sulfide) groups is 1. The molecule has 0 aromatic heterocycles. The van der Waals surface area contributed by atoms with Crippen molar-refractivity contribution < 1.29 is 14.5 Å². The van der Waals surface area contributed by atoms with E-state index < -0.39 is 4.92 Å². The number of rotatable bonds is 5. The average Bonchev–Trinajstić information content (AvgIpc) is 2.91. The molecule has 1 fully saturated rings. The summed E-state index contributed by atoms with van der Waals surface area (Å²) < 4.78 is 5.79. The number of carbonyl (C=O) groups excluding carboxylic acids is 1. The first-order chi connectivity index (χ1) is 12.9. The van der Waals surface area contributed by atoms with Gasteiger partial charge in [-0.2, -0.15) is 0 Å². The largest absolute Gasteiger partial charge is 0.494 e. The van der Waals surface area contributed by atoms with E-state index in [2.05, 4.69) is 0 Å². The maximum atomic E-state index is 12.8. The number of nitro benzene ring substituents is 1. The van der Waals surface area contributed by atoms with Crippen LogP contribution in [-0.4, -0.2) is 21.8 Å². The van der Waals surface area contributed by atoms with Crippen LogP contribution in [0, 0.1) is 10.1 Å². The average molecular weight is 421 g/mol. The highest BCUT2D eigenvalue weighted by atomic mass is 35.5. The van der Waals surface area contributed by atoms with Crippen molar-refractivity contribution in [3.63, 3.8) is 0 Å². The Hall–Kier alpha value is -2.42. The van der Waals surface area contributed by atoms with Gasteiger partial charge in [-0.25, -0.2) is 0 Å². The summed E-state index contributed by atoms with van der Waals surface area (Å²) in [6.45, 7) is 2.44. The Morgan fingerprint density at radius 3 is 2.63 bits per heavy atom. The lowest BCUT2D eigenvalue weighted by Crippen LogP contribution is -2.27. The van der Waals surface area contributed by atoms with Crippen LogP contribution in [0.5, 0.6) is 5.75 Å². The monoisotopic (exact) mass is 420 g/mol. The zero-order valence-corrected chi connectivity index (χ0v) is 16.4.